The maximum Gasteiger partial charge on any atom is 0.191 e. The molecule has 2 aromatic rings. The standard InChI is InChI=1S/C12H12N4S/c17-12(15-10-5-2-1-3-6-10)16-14-9-11-7-4-8-13-11/h1-9,13H,(H2,15,16,17)/b14-9+. The zero-order valence-corrected chi connectivity index (χ0v) is 9.87. The molecule has 86 valence electrons. The van der Waals surface area contributed by atoms with E-state index in [-0.39, 0.29) is 0 Å². The van der Waals surface area contributed by atoms with Crippen LogP contribution in [0.15, 0.2) is 53.8 Å². The molecule has 1 aromatic heterocycles. The first-order valence-electron chi connectivity index (χ1n) is 5.13. The molecule has 0 aliphatic carbocycles. The van der Waals surface area contributed by atoms with Crippen LogP contribution < -0.4 is 10.7 Å². The molecule has 0 unspecified atom stereocenters. The van der Waals surface area contributed by atoms with E-state index >= 15 is 0 Å². The SMILES string of the molecule is S=C(N/N=C/c1ccc[nH]1)Nc1ccccc1. The van der Waals surface area contributed by atoms with Gasteiger partial charge in [0.15, 0.2) is 5.11 Å². The van der Waals surface area contributed by atoms with E-state index in [0.29, 0.717) is 5.11 Å². The van der Waals surface area contributed by atoms with Crippen molar-refractivity contribution in [2.45, 2.75) is 0 Å². The lowest BCUT2D eigenvalue weighted by atomic mass is 10.3. The zero-order valence-electron chi connectivity index (χ0n) is 9.05. The summed E-state index contributed by atoms with van der Waals surface area (Å²) in [5.41, 5.74) is 4.59. The number of hydrogen-bond acceptors (Lipinski definition) is 2. The van der Waals surface area contributed by atoms with Crippen molar-refractivity contribution in [1.82, 2.24) is 10.4 Å². The van der Waals surface area contributed by atoms with Gasteiger partial charge in [0.2, 0.25) is 0 Å². The number of para-hydroxylation sites is 1. The van der Waals surface area contributed by atoms with E-state index in [2.05, 4.69) is 20.8 Å². The van der Waals surface area contributed by atoms with Gasteiger partial charge in [-0.05, 0) is 36.5 Å². The van der Waals surface area contributed by atoms with E-state index in [1.54, 1.807) is 6.21 Å². The first kappa shape index (κ1) is 11.3. The molecule has 0 bridgehead atoms. The third-order valence-electron chi connectivity index (χ3n) is 2.02. The highest BCUT2D eigenvalue weighted by Gasteiger charge is 1.93. The molecule has 0 radical (unpaired) electrons. The summed E-state index contributed by atoms with van der Waals surface area (Å²) in [5, 5.41) is 7.48. The van der Waals surface area contributed by atoms with Crippen molar-refractivity contribution in [3.8, 4) is 0 Å². The average Bonchev–Trinajstić information content (AvgIpc) is 2.83. The quantitative estimate of drug-likeness (QED) is 0.441. The summed E-state index contributed by atoms with van der Waals surface area (Å²) >= 11 is 5.08. The summed E-state index contributed by atoms with van der Waals surface area (Å²) in [4.78, 5) is 3.01. The molecule has 0 atom stereocenters. The molecule has 1 aromatic carbocycles. The van der Waals surface area contributed by atoms with E-state index in [1.807, 2.05) is 48.7 Å². The van der Waals surface area contributed by atoms with Crippen LogP contribution in [0.4, 0.5) is 5.69 Å². The molecule has 0 fully saturated rings. The molecule has 3 N–H and O–H groups in total. The van der Waals surface area contributed by atoms with Crippen molar-refractivity contribution in [1.29, 1.82) is 0 Å². The van der Waals surface area contributed by atoms with E-state index in [9.17, 15) is 0 Å². The first-order valence-corrected chi connectivity index (χ1v) is 5.54. The monoisotopic (exact) mass is 244 g/mol. The molecular weight excluding hydrogens is 232 g/mol. The molecule has 0 saturated heterocycles. The Morgan fingerprint density at radius 1 is 1.18 bits per heavy atom. The molecule has 4 nitrogen and oxygen atoms in total. The first-order chi connectivity index (χ1) is 8.34. The number of hydrazone groups is 1. The van der Waals surface area contributed by atoms with Crippen LogP contribution >= 0.6 is 12.2 Å². The normalized spacial score (nSPS) is 10.4. The van der Waals surface area contributed by atoms with Crippen LogP contribution in [0.1, 0.15) is 5.69 Å². The predicted molar refractivity (Wildman–Crippen MR) is 74.2 cm³/mol. The maximum absolute atomic E-state index is 5.08. The minimum Gasteiger partial charge on any atom is -0.360 e. The lowest BCUT2D eigenvalue weighted by Gasteiger charge is -2.05. The van der Waals surface area contributed by atoms with Crippen molar-refractivity contribution in [2.24, 2.45) is 5.10 Å². The third kappa shape index (κ3) is 3.73. The van der Waals surface area contributed by atoms with Gasteiger partial charge >= 0.3 is 0 Å². The van der Waals surface area contributed by atoms with E-state index < -0.39 is 0 Å². The highest BCUT2D eigenvalue weighted by molar-refractivity contribution is 7.80. The molecule has 17 heavy (non-hydrogen) atoms. The number of nitrogens with zero attached hydrogens (tertiary/aromatic N) is 1. The Bertz CT molecular complexity index is 490. The number of nitrogens with one attached hydrogen (secondary N) is 3. The van der Waals surface area contributed by atoms with Crippen molar-refractivity contribution < 1.29 is 0 Å². The van der Waals surface area contributed by atoms with E-state index in [1.165, 1.54) is 0 Å². The van der Waals surface area contributed by atoms with Crippen LogP contribution in [-0.2, 0) is 0 Å². The second-order valence-electron chi connectivity index (χ2n) is 3.32. The largest absolute Gasteiger partial charge is 0.360 e. The number of anilines is 1. The Hall–Kier alpha value is -2.14. The van der Waals surface area contributed by atoms with Gasteiger partial charge in [-0.3, -0.25) is 5.43 Å². The summed E-state index contributed by atoms with van der Waals surface area (Å²) in [6, 6.07) is 13.5. The Kier molecular flexibility index (Phi) is 3.88. The van der Waals surface area contributed by atoms with Crippen molar-refractivity contribution >= 4 is 29.2 Å². The molecular formula is C12H12N4S. The van der Waals surface area contributed by atoms with Gasteiger partial charge in [0.25, 0.3) is 0 Å². The van der Waals surface area contributed by atoms with Gasteiger partial charge in [0.1, 0.15) is 0 Å². The van der Waals surface area contributed by atoms with E-state index in [4.69, 9.17) is 12.2 Å². The van der Waals surface area contributed by atoms with Gasteiger partial charge in [-0.25, -0.2) is 0 Å². The zero-order chi connectivity index (χ0) is 11.9. The molecule has 0 saturated carbocycles. The molecule has 1 heterocycles. The fourth-order valence-electron chi connectivity index (χ4n) is 1.27. The Morgan fingerprint density at radius 3 is 2.71 bits per heavy atom. The molecule has 0 amide bonds. The number of rotatable bonds is 3. The van der Waals surface area contributed by atoms with E-state index in [0.717, 1.165) is 11.4 Å². The van der Waals surface area contributed by atoms with Crippen LogP contribution in [0.5, 0.6) is 0 Å². The molecule has 5 heteroatoms. The maximum atomic E-state index is 5.08. The second kappa shape index (κ2) is 5.81. The third-order valence-corrected chi connectivity index (χ3v) is 2.22. The highest BCUT2D eigenvalue weighted by Crippen LogP contribution is 2.04. The summed E-state index contributed by atoms with van der Waals surface area (Å²) in [7, 11) is 0. The predicted octanol–water partition coefficient (Wildman–Crippen LogP) is 2.34. The lowest BCUT2D eigenvalue weighted by Crippen LogP contribution is -2.23. The fraction of sp³-hybridized carbons (Fsp3) is 0. The van der Waals surface area contributed by atoms with Crippen molar-refractivity contribution in [2.75, 3.05) is 5.32 Å². The number of H-pyrrole nitrogens is 1. The van der Waals surface area contributed by atoms with Crippen molar-refractivity contribution in [3.63, 3.8) is 0 Å². The van der Waals surface area contributed by atoms with Crippen molar-refractivity contribution in [3.05, 3.63) is 54.4 Å². The number of hydrogen-bond donors (Lipinski definition) is 3. The fourth-order valence-corrected chi connectivity index (χ4v) is 1.44. The molecule has 0 aliphatic rings. The van der Waals surface area contributed by atoms with Gasteiger partial charge in [-0.2, -0.15) is 5.10 Å². The second-order valence-corrected chi connectivity index (χ2v) is 3.72. The molecule has 0 spiro atoms. The van der Waals surface area contributed by atoms with Gasteiger partial charge in [-0.1, -0.05) is 18.2 Å². The number of aromatic amines is 1. The molecule has 2 rings (SSSR count). The summed E-state index contributed by atoms with van der Waals surface area (Å²) in [5.74, 6) is 0. The van der Waals surface area contributed by atoms with Gasteiger partial charge in [0, 0.05) is 11.9 Å². The van der Waals surface area contributed by atoms with Crippen LogP contribution in [-0.4, -0.2) is 16.3 Å². The smallest absolute Gasteiger partial charge is 0.191 e. The summed E-state index contributed by atoms with van der Waals surface area (Å²) < 4.78 is 0. The van der Waals surface area contributed by atoms with Crippen LogP contribution in [0, 0.1) is 0 Å². The Balaban J connectivity index is 1.82. The van der Waals surface area contributed by atoms with Crippen LogP contribution in [0.2, 0.25) is 0 Å². The Morgan fingerprint density at radius 2 is 2.00 bits per heavy atom. The van der Waals surface area contributed by atoms with Gasteiger partial charge in [0.05, 0.1) is 11.9 Å². The number of benzene rings is 1. The number of aromatic nitrogens is 1. The minimum atomic E-state index is 0.457. The minimum absolute atomic E-state index is 0.457. The van der Waals surface area contributed by atoms with Crippen LogP contribution in [0.3, 0.4) is 0 Å². The average molecular weight is 244 g/mol. The molecule has 0 aliphatic heterocycles. The number of thiocarbonyl (C=S) groups is 1. The topological polar surface area (TPSA) is 52.2 Å². The highest BCUT2D eigenvalue weighted by atomic mass is 32.1. The van der Waals surface area contributed by atoms with Gasteiger partial charge in [-0.15, -0.1) is 0 Å². The summed E-state index contributed by atoms with van der Waals surface area (Å²) in [6.07, 6.45) is 3.50. The lowest BCUT2D eigenvalue weighted by molar-refractivity contribution is 1.05. The van der Waals surface area contributed by atoms with Gasteiger partial charge < -0.3 is 10.3 Å². The Labute approximate surface area is 105 Å². The summed E-state index contributed by atoms with van der Waals surface area (Å²) in [6.45, 7) is 0. The van der Waals surface area contributed by atoms with Crippen LogP contribution in [0.25, 0.3) is 0 Å².